The average Bonchev–Trinajstić information content (AvgIpc) is 2.91. The molecule has 0 atom stereocenters. The second kappa shape index (κ2) is 5.65. The largest absolute Gasteiger partial charge is 0.457 e. The second-order valence-corrected chi connectivity index (χ2v) is 5.41. The summed E-state index contributed by atoms with van der Waals surface area (Å²) >= 11 is 3.37. The van der Waals surface area contributed by atoms with Crippen LogP contribution in [-0.2, 0) is 11.3 Å². The van der Waals surface area contributed by atoms with Crippen LogP contribution in [0.4, 0.5) is 5.69 Å². The molecule has 6 heteroatoms. The van der Waals surface area contributed by atoms with E-state index in [0.717, 1.165) is 10.0 Å². The van der Waals surface area contributed by atoms with Crippen LogP contribution < -0.4 is 15.2 Å². The van der Waals surface area contributed by atoms with Crippen molar-refractivity contribution in [1.82, 2.24) is 0 Å². The Labute approximate surface area is 129 Å². The predicted molar refractivity (Wildman–Crippen MR) is 80.2 cm³/mol. The Hall–Kier alpha value is -2.21. The molecule has 0 saturated carbocycles. The molecule has 0 aromatic heterocycles. The van der Waals surface area contributed by atoms with Crippen molar-refractivity contribution in [1.29, 1.82) is 0 Å². The van der Waals surface area contributed by atoms with Crippen molar-refractivity contribution in [2.75, 3.05) is 12.5 Å². The first-order valence-electron chi connectivity index (χ1n) is 6.24. The van der Waals surface area contributed by atoms with Crippen LogP contribution in [0.25, 0.3) is 0 Å². The molecular weight excluding hydrogens is 338 g/mol. The van der Waals surface area contributed by atoms with Crippen molar-refractivity contribution in [3.63, 3.8) is 0 Å². The summed E-state index contributed by atoms with van der Waals surface area (Å²) in [5.41, 5.74) is 7.31. The van der Waals surface area contributed by atoms with E-state index in [9.17, 15) is 4.79 Å². The molecule has 1 aliphatic rings. The summed E-state index contributed by atoms with van der Waals surface area (Å²) in [6.07, 6.45) is 0. The van der Waals surface area contributed by atoms with Gasteiger partial charge in [-0.1, -0.05) is 28.1 Å². The summed E-state index contributed by atoms with van der Waals surface area (Å²) in [5.74, 6) is 0.542. The quantitative estimate of drug-likeness (QED) is 0.680. The van der Waals surface area contributed by atoms with Gasteiger partial charge in [0.2, 0.25) is 6.79 Å². The number of ether oxygens (including phenoxy) is 3. The number of nitrogen functional groups attached to an aromatic ring is 1. The molecule has 21 heavy (non-hydrogen) atoms. The number of hydrogen-bond acceptors (Lipinski definition) is 5. The number of anilines is 1. The highest BCUT2D eigenvalue weighted by Gasteiger charge is 2.20. The highest BCUT2D eigenvalue weighted by Crippen LogP contribution is 2.36. The van der Waals surface area contributed by atoms with Crippen molar-refractivity contribution < 1.29 is 19.0 Å². The minimum atomic E-state index is -0.495. The minimum Gasteiger partial charge on any atom is -0.457 e. The summed E-state index contributed by atoms with van der Waals surface area (Å²) in [7, 11) is 0. The van der Waals surface area contributed by atoms with E-state index in [0.29, 0.717) is 17.2 Å². The number of esters is 1. The topological polar surface area (TPSA) is 70.8 Å². The molecule has 2 N–H and O–H groups in total. The number of carbonyl (C=O) groups excluding carboxylic acids is 1. The summed E-state index contributed by atoms with van der Waals surface area (Å²) in [6, 6.07) is 10.7. The van der Waals surface area contributed by atoms with E-state index in [-0.39, 0.29) is 19.0 Å². The molecule has 0 saturated heterocycles. The molecule has 0 spiro atoms. The third kappa shape index (κ3) is 2.95. The third-order valence-electron chi connectivity index (χ3n) is 3.02. The van der Waals surface area contributed by atoms with Crippen molar-refractivity contribution in [3.8, 4) is 11.5 Å². The van der Waals surface area contributed by atoms with E-state index >= 15 is 0 Å². The van der Waals surface area contributed by atoms with Crippen LogP contribution in [0.2, 0.25) is 0 Å². The average molecular weight is 350 g/mol. The molecule has 1 aliphatic heterocycles. The highest BCUT2D eigenvalue weighted by molar-refractivity contribution is 9.10. The van der Waals surface area contributed by atoms with Crippen LogP contribution in [-0.4, -0.2) is 12.8 Å². The fourth-order valence-electron chi connectivity index (χ4n) is 1.99. The minimum absolute atomic E-state index is 0.130. The molecule has 0 amide bonds. The van der Waals surface area contributed by atoms with Crippen LogP contribution in [0.3, 0.4) is 0 Å². The van der Waals surface area contributed by atoms with Crippen LogP contribution in [0.5, 0.6) is 11.5 Å². The van der Waals surface area contributed by atoms with E-state index in [1.807, 2.05) is 24.3 Å². The third-order valence-corrected chi connectivity index (χ3v) is 3.52. The number of benzene rings is 2. The molecule has 0 aliphatic carbocycles. The van der Waals surface area contributed by atoms with Gasteiger partial charge in [0.25, 0.3) is 0 Å². The number of rotatable bonds is 3. The number of hydrogen-bond donors (Lipinski definition) is 1. The van der Waals surface area contributed by atoms with Gasteiger partial charge in [0.1, 0.15) is 6.61 Å². The summed E-state index contributed by atoms with van der Waals surface area (Å²) in [4.78, 5) is 12.1. The fraction of sp³-hybridized carbons (Fsp3) is 0.133. The van der Waals surface area contributed by atoms with Crippen molar-refractivity contribution in [3.05, 3.63) is 52.0 Å². The van der Waals surface area contributed by atoms with Gasteiger partial charge in [-0.3, -0.25) is 0 Å². The number of nitrogens with two attached hydrogens (primary N) is 1. The molecule has 3 rings (SSSR count). The van der Waals surface area contributed by atoms with Crippen LogP contribution >= 0.6 is 15.9 Å². The first-order chi connectivity index (χ1) is 10.1. The van der Waals surface area contributed by atoms with Gasteiger partial charge in [-0.15, -0.1) is 0 Å². The maximum atomic E-state index is 12.1. The molecule has 0 unspecified atom stereocenters. The van der Waals surface area contributed by atoms with Crippen molar-refractivity contribution >= 4 is 27.6 Å². The molecule has 0 fully saturated rings. The van der Waals surface area contributed by atoms with E-state index < -0.39 is 5.97 Å². The summed E-state index contributed by atoms with van der Waals surface area (Å²) in [5, 5.41) is 0. The lowest BCUT2D eigenvalue weighted by molar-refractivity contribution is 0.0473. The van der Waals surface area contributed by atoms with E-state index in [4.69, 9.17) is 19.9 Å². The number of halogens is 1. The van der Waals surface area contributed by atoms with E-state index in [1.54, 1.807) is 12.1 Å². The Morgan fingerprint density at radius 2 is 2.00 bits per heavy atom. The second-order valence-electron chi connectivity index (χ2n) is 4.50. The lowest BCUT2D eigenvalue weighted by Crippen LogP contribution is -2.08. The van der Waals surface area contributed by atoms with Gasteiger partial charge in [-0.25, -0.2) is 4.79 Å². The van der Waals surface area contributed by atoms with Crippen LogP contribution in [0, 0.1) is 0 Å². The SMILES string of the molecule is Nc1cc2c(cc1C(=O)OCc1cccc(Br)c1)OCO2. The monoisotopic (exact) mass is 349 g/mol. The Morgan fingerprint density at radius 1 is 1.24 bits per heavy atom. The van der Waals surface area contributed by atoms with Crippen molar-refractivity contribution in [2.24, 2.45) is 0 Å². The molecule has 2 aromatic carbocycles. The Morgan fingerprint density at radius 3 is 2.76 bits per heavy atom. The molecular formula is C15H12BrNO4. The van der Waals surface area contributed by atoms with E-state index in [1.165, 1.54) is 0 Å². The standard InChI is InChI=1S/C15H12BrNO4/c16-10-3-1-2-9(4-10)7-19-15(18)11-5-13-14(6-12(11)17)21-8-20-13/h1-6H,7-8,17H2. The zero-order chi connectivity index (χ0) is 14.8. The van der Waals surface area contributed by atoms with Gasteiger partial charge < -0.3 is 19.9 Å². The van der Waals surface area contributed by atoms with Crippen LogP contribution in [0.1, 0.15) is 15.9 Å². The summed E-state index contributed by atoms with van der Waals surface area (Å²) in [6.45, 7) is 0.303. The van der Waals surface area contributed by atoms with E-state index in [2.05, 4.69) is 15.9 Å². The lowest BCUT2D eigenvalue weighted by Gasteiger charge is -2.08. The van der Waals surface area contributed by atoms with Gasteiger partial charge in [0.15, 0.2) is 11.5 Å². The van der Waals surface area contributed by atoms with Crippen molar-refractivity contribution in [2.45, 2.75) is 6.61 Å². The predicted octanol–water partition coefficient (Wildman–Crippen LogP) is 3.12. The molecule has 108 valence electrons. The molecule has 1 heterocycles. The van der Waals surface area contributed by atoms with Gasteiger partial charge in [-0.05, 0) is 17.7 Å². The highest BCUT2D eigenvalue weighted by atomic mass is 79.9. The molecule has 2 aromatic rings. The zero-order valence-electron chi connectivity index (χ0n) is 11.0. The molecule has 0 radical (unpaired) electrons. The summed E-state index contributed by atoms with van der Waals surface area (Å²) < 4.78 is 16.6. The molecule has 5 nitrogen and oxygen atoms in total. The van der Waals surface area contributed by atoms with Gasteiger partial charge >= 0.3 is 5.97 Å². The van der Waals surface area contributed by atoms with Gasteiger partial charge in [-0.2, -0.15) is 0 Å². The van der Waals surface area contributed by atoms with Gasteiger partial charge in [0.05, 0.1) is 11.3 Å². The Kier molecular flexibility index (Phi) is 3.70. The molecule has 0 bridgehead atoms. The Balaban J connectivity index is 1.74. The van der Waals surface area contributed by atoms with Gasteiger partial charge in [0, 0.05) is 16.6 Å². The zero-order valence-corrected chi connectivity index (χ0v) is 12.6. The fourth-order valence-corrected chi connectivity index (χ4v) is 2.43. The smallest absolute Gasteiger partial charge is 0.340 e. The first-order valence-corrected chi connectivity index (χ1v) is 7.03. The Bertz CT molecular complexity index is 702. The lowest BCUT2D eigenvalue weighted by atomic mass is 10.1. The number of carbonyl (C=O) groups is 1. The maximum Gasteiger partial charge on any atom is 0.340 e. The normalized spacial score (nSPS) is 12.2. The number of fused-ring (bicyclic) bond motifs is 1. The maximum absolute atomic E-state index is 12.1. The van der Waals surface area contributed by atoms with Crippen LogP contribution in [0.15, 0.2) is 40.9 Å². The first kappa shape index (κ1) is 13.8.